The van der Waals surface area contributed by atoms with Crippen LogP contribution in [-0.4, -0.2) is 82.3 Å². The van der Waals surface area contributed by atoms with Crippen LogP contribution in [0.4, 0.5) is 4.79 Å². The minimum Gasteiger partial charge on any atom is -0.444 e. The Morgan fingerprint density at radius 2 is 1.79 bits per heavy atom. The topological polar surface area (TPSA) is 73.9 Å². The molecule has 2 heterocycles. The zero-order valence-corrected chi connectivity index (χ0v) is 23.1. The first-order valence-electron chi connectivity index (χ1n) is 13.0. The van der Waals surface area contributed by atoms with Gasteiger partial charge in [0, 0.05) is 11.8 Å². The summed E-state index contributed by atoms with van der Waals surface area (Å²) in [7, 11) is 2.15. The van der Waals surface area contributed by atoms with Crippen LogP contribution < -0.4 is 10.6 Å². The number of thiocarbonyl (C=S) groups is 1. The predicted octanol–water partition coefficient (Wildman–Crippen LogP) is 4.15. The summed E-state index contributed by atoms with van der Waals surface area (Å²) in [6.45, 7) is 7.65. The zero-order chi connectivity index (χ0) is 24.7. The first kappa shape index (κ1) is 27.5. The summed E-state index contributed by atoms with van der Waals surface area (Å²) in [5.74, 6) is 1.64. The van der Waals surface area contributed by atoms with Crippen molar-refractivity contribution in [1.29, 1.82) is 0 Å². The fraction of sp³-hybridized carbons (Fsp3) is 0.880. The van der Waals surface area contributed by atoms with E-state index in [9.17, 15) is 9.59 Å². The van der Waals surface area contributed by atoms with Crippen molar-refractivity contribution in [3.63, 3.8) is 0 Å². The van der Waals surface area contributed by atoms with Gasteiger partial charge in [0.05, 0.1) is 16.9 Å². The van der Waals surface area contributed by atoms with Gasteiger partial charge < -0.3 is 20.3 Å². The largest absolute Gasteiger partial charge is 0.444 e. The fourth-order valence-electron chi connectivity index (χ4n) is 5.03. The number of likely N-dealkylation sites (tertiary alicyclic amines) is 1. The number of hydrogen-bond donors (Lipinski definition) is 2. The van der Waals surface area contributed by atoms with Crippen LogP contribution >= 0.6 is 24.0 Å². The third kappa shape index (κ3) is 8.55. The van der Waals surface area contributed by atoms with E-state index in [1.54, 1.807) is 16.7 Å². The summed E-state index contributed by atoms with van der Waals surface area (Å²) in [4.78, 5) is 30.7. The molecular weight excluding hydrogens is 468 g/mol. The molecule has 0 aromatic heterocycles. The van der Waals surface area contributed by atoms with Crippen LogP contribution in [0.3, 0.4) is 0 Å². The molecule has 194 valence electrons. The number of carbonyl (C=O) groups is 2. The fourth-order valence-corrected chi connectivity index (χ4v) is 6.52. The number of amides is 2. The third-order valence-electron chi connectivity index (χ3n) is 7.10. The summed E-state index contributed by atoms with van der Waals surface area (Å²) < 4.78 is 5.54. The quantitative estimate of drug-likeness (QED) is 0.496. The maximum absolute atomic E-state index is 13.4. The highest BCUT2D eigenvalue weighted by Gasteiger charge is 2.38. The monoisotopic (exact) mass is 512 g/mol. The second-order valence-electron chi connectivity index (χ2n) is 11.2. The number of nitrogens with one attached hydrogen (secondary N) is 2. The Kier molecular flexibility index (Phi) is 10.3. The molecule has 2 aliphatic heterocycles. The standard InChI is InChI=1S/C25H44N4O3S2/c1-25(2,3)32-24(31)29-17-34-16-21(29)22(30)27-20(11-10-18-8-6-5-7-9-18)23(33)26-19-12-14-28(4)15-13-19/h18-21H,5-17H2,1-4H3,(H,26,33)(H,27,30)/t20-,21+/m1/s1. The van der Waals surface area contributed by atoms with Crippen LogP contribution in [0.2, 0.25) is 0 Å². The molecule has 0 bridgehead atoms. The predicted molar refractivity (Wildman–Crippen MR) is 143 cm³/mol. The SMILES string of the molecule is CN1CCC(NC(=S)[C@@H](CCC2CCCCC2)NC(=O)[C@@H]2CSCN2C(=O)OC(C)(C)C)CC1. The van der Waals surface area contributed by atoms with Crippen molar-refractivity contribution in [2.75, 3.05) is 31.8 Å². The lowest BCUT2D eigenvalue weighted by Crippen LogP contribution is -2.55. The number of thioether (sulfide) groups is 1. The summed E-state index contributed by atoms with van der Waals surface area (Å²) in [6, 6.07) is -0.364. The highest BCUT2D eigenvalue weighted by molar-refractivity contribution is 7.99. The first-order valence-corrected chi connectivity index (χ1v) is 14.6. The zero-order valence-electron chi connectivity index (χ0n) is 21.4. The van der Waals surface area contributed by atoms with Gasteiger partial charge in [-0.2, -0.15) is 0 Å². The van der Waals surface area contributed by atoms with Crippen molar-refractivity contribution in [1.82, 2.24) is 20.4 Å². The van der Waals surface area contributed by atoms with Crippen LogP contribution in [0, 0.1) is 5.92 Å². The van der Waals surface area contributed by atoms with Gasteiger partial charge in [0.2, 0.25) is 5.91 Å². The Bertz CT molecular complexity index is 701. The average Bonchev–Trinajstić information content (AvgIpc) is 3.28. The normalized spacial score (nSPS) is 24.0. The van der Waals surface area contributed by atoms with Gasteiger partial charge >= 0.3 is 6.09 Å². The summed E-state index contributed by atoms with van der Waals surface area (Å²) in [5.41, 5.74) is -0.590. The Morgan fingerprint density at radius 3 is 2.44 bits per heavy atom. The van der Waals surface area contributed by atoms with Gasteiger partial charge in [0.25, 0.3) is 0 Å². The van der Waals surface area contributed by atoms with E-state index < -0.39 is 17.7 Å². The Hall–Kier alpha value is -1.06. The van der Waals surface area contributed by atoms with Crippen molar-refractivity contribution in [3.05, 3.63) is 0 Å². The number of carbonyl (C=O) groups excluding carboxylic acids is 2. The molecule has 3 rings (SSSR count). The van der Waals surface area contributed by atoms with Gasteiger partial charge in [0.1, 0.15) is 11.6 Å². The molecule has 0 radical (unpaired) electrons. The van der Waals surface area contributed by atoms with Gasteiger partial charge in [-0.15, -0.1) is 11.8 Å². The maximum atomic E-state index is 13.4. The number of ether oxygens (including phenoxy) is 1. The van der Waals surface area contributed by atoms with Gasteiger partial charge in [0.15, 0.2) is 0 Å². The van der Waals surface area contributed by atoms with E-state index >= 15 is 0 Å². The third-order valence-corrected chi connectivity index (χ3v) is 8.51. The minimum absolute atomic E-state index is 0.128. The Labute approximate surface area is 215 Å². The molecule has 0 aromatic rings. The molecule has 2 saturated heterocycles. The van der Waals surface area contributed by atoms with Crippen LogP contribution in [0.1, 0.15) is 78.6 Å². The molecule has 0 aromatic carbocycles. The molecule has 1 aliphatic carbocycles. The molecular formula is C25H44N4O3S2. The molecule has 34 heavy (non-hydrogen) atoms. The second kappa shape index (κ2) is 12.8. The van der Waals surface area contributed by atoms with Crippen molar-refractivity contribution in [2.24, 2.45) is 5.92 Å². The maximum Gasteiger partial charge on any atom is 0.411 e. The molecule has 1 saturated carbocycles. The number of nitrogens with zero attached hydrogens (tertiary/aromatic N) is 2. The van der Waals surface area contributed by atoms with Crippen molar-refractivity contribution in [3.8, 4) is 0 Å². The van der Waals surface area contributed by atoms with E-state index in [0.29, 0.717) is 17.7 Å². The Balaban J connectivity index is 1.62. The lowest BCUT2D eigenvalue weighted by Gasteiger charge is -2.33. The van der Waals surface area contributed by atoms with E-state index in [4.69, 9.17) is 17.0 Å². The van der Waals surface area contributed by atoms with E-state index in [0.717, 1.165) is 49.7 Å². The van der Waals surface area contributed by atoms with Gasteiger partial charge in [-0.1, -0.05) is 44.3 Å². The molecule has 3 fully saturated rings. The minimum atomic E-state index is -0.590. The lowest BCUT2D eigenvalue weighted by atomic mass is 9.85. The smallest absolute Gasteiger partial charge is 0.411 e. The summed E-state index contributed by atoms with van der Waals surface area (Å²) in [6.07, 6.45) is 10.1. The van der Waals surface area contributed by atoms with Crippen LogP contribution in [-0.2, 0) is 9.53 Å². The van der Waals surface area contributed by atoms with Gasteiger partial charge in [-0.25, -0.2) is 4.79 Å². The Morgan fingerprint density at radius 1 is 1.12 bits per heavy atom. The number of piperidine rings is 1. The van der Waals surface area contributed by atoms with E-state index in [1.165, 1.54) is 32.1 Å². The second-order valence-corrected chi connectivity index (χ2v) is 12.6. The van der Waals surface area contributed by atoms with E-state index in [1.807, 2.05) is 20.8 Å². The molecule has 2 amide bonds. The van der Waals surface area contributed by atoms with Crippen molar-refractivity contribution < 1.29 is 14.3 Å². The van der Waals surface area contributed by atoms with Gasteiger partial charge in [-0.05, 0) is 72.5 Å². The van der Waals surface area contributed by atoms with E-state index in [2.05, 4.69) is 22.6 Å². The summed E-state index contributed by atoms with van der Waals surface area (Å²) in [5, 5.41) is 6.80. The van der Waals surface area contributed by atoms with Gasteiger partial charge in [-0.3, -0.25) is 9.69 Å². The van der Waals surface area contributed by atoms with Crippen LogP contribution in [0.15, 0.2) is 0 Å². The van der Waals surface area contributed by atoms with Crippen molar-refractivity contribution in [2.45, 2.75) is 102 Å². The molecule has 0 spiro atoms. The molecule has 9 heteroatoms. The molecule has 3 aliphatic rings. The van der Waals surface area contributed by atoms with E-state index in [-0.39, 0.29) is 11.9 Å². The highest BCUT2D eigenvalue weighted by atomic mass is 32.2. The number of hydrogen-bond acceptors (Lipinski definition) is 6. The average molecular weight is 513 g/mol. The van der Waals surface area contributed by atoms with Crippen LogP contribution in [0.25, 0.3) is 0 Å². The summed E-state index contributed by atoms with van der Waals surface area (Å²) >= 11 is 7.43. The first-order chi connectivity index (χ1) is 16.1. The molecule has 7 nitrogen and oxygen atoms in total. The lowest BCUT2D eigenvalue weighted by molar-refractivity contribution is -0.125. The van der Waals surface area contributed by atoms with Crippen molar-refractivity contribution >= 4 is 41.0 Å². The molecule has 2 N–H and O–H groups in total. The molecule has 0 unspecified atom stereocenters. The highest BCUT2D eigenvalue weighted by Crippen LogP contribution is 2.28. The number of rotatable bonds is 7. The molecule has 2 atom stereocenters. The van der Waals surface area contributed by atoms with Crippen LogP contribution in [0.5, 0.6) is 0 Å².